The second-order valence-corrected chi connectivity index (χ2v) is 8.80. The van der Waals surface area contributed by atoms with Crippen molar-refractivity contribution in [1.29, 1.82) is 0 Å². The molecule has 4 rings (SSSR count). The van der Waals surface area contributed by atoms with Crippen molar-refractivity contribution in [2.75, 3.05) is 32.1 Å². The maximum Gasteiger partial charge on any atom is 0.317 e. The highest BCUT2D eigenvalue weighted by atomic mass is 79.9. The molecule has 1 heterocycles. The molecule has 3 fully saturated rings. The van der Waals surface area contributed by atoms with Gasteiger partial charge in [0.25, 0.3) is 0 Å². The normalized spacial score (nSPS) is 29.4. The molecule has 1 N–H and O–H groups in total. The molecule has 152 valence electrons. The minimum atomic E-state index is 0.00226. The fourth-order valence-electron chi connectivity index (χ4n) is 4.91. The van der Waals surface area contributed by atoms with Crippen LogP contribution >= 0.6 is 15.9 Å². The van der Waals surface area contributed by atoms with Gasteiger partial charge >= 0.3 is 6.03 Å². The van der Waals surface area contributed by atoms with Crippen molar-refractivity contribution in [3.8, 4) is 11.5 Å². The van der Waals surface area contributed by atoms with Gasteiger partial charge in [0.2, 0.25) is 0 Å². The van der Waals surface area contributed by atoms with E-state index in [1.807, 2.05) is 23.1 Å². The topological polar surface area (TPSA) is 50.8 Å². The Balaban J connectivity index is 1.48. The molecule has 2 amide bonds. The number of methoxy groups -OCH3 is 1. The highest BCUT2D eigenvalue weighted by molar-refractivity contribution is 9.09. The summed E-state index contributed by atoms with van der Waals surface area (Å²) in [6.07, 6.45) is 9.51. The zero-order valence-electron chi connectivity index (χ0n) is 16.4. The number of hydrogen-bond acceptors (Lipinski definition) is 3. The van der Waals surface area contributed by atoms with Crippen molar-refractivity contribution in [3.63, 3.8) is 0 Å². The maximum atomic E-state index is 12.2. The fraction of sp³-hybridized carbons (Fsp3) is 0.591. The standard InChI is InChI=1S/C22H29BrN2O3/c1-27-19-7-6-16(12-21(19)28-20-11-15-4-5-17(20)10-15)18-13-24-22(26)25(14-18)9-3-2-8-23/h2-3,6-7,12,15,17-18,20H,4-5,8-11,13-14H2,1H3,(H,24,26)/b3-2+/t15-,17+,18?,20-/m0/s1. The number of amides is 2. The van der Waals surface area contributed by atoms with Gasteiger partial charge in [0.15, 0.2) is 11.5 Å². The smallest absolute Gasteiger partial charge is 0.317 e. The van der Waals surface area contributed by atoms with Crippen LogP contribution < -0.4 is 14.8 Å². The van der Waals surface area contributed by atoms with E-state index in [9.17, 15) is 4.79 Å². The average Bonchev–Trinajstić information content (AvgIpc) is 3.33. The molecule has 2 bridgehead atoms. The van der Waals surface area contributed by atoms with Gasteiger partial charge < -0.3 is 19.7 Å². The van der Waals surface area contributed by atoms with Crippen LogP contribution in [-0.4, -0.2) is 49.1 Å². The molecular formula is C22H29BrN2O3. The summed E-state index contributed by atoms with van der Waals surface area (Å²) in [5, 5.41) is 3.82. The molecule has 0 radical (unpaired) electrons. The van der Waals surface area contributed by atoms with Gasteiger partial charge in [-0.25, -0.2) is 4.79 Å². The number of nitrogens with one attached hydrogen (secondary N) is 1. The summed E-state index contributed by atoms with van der Waals surface area (Å²) in [5.41, 5.74) is 1.19. The van der Waals surface area contributed by atoms with E-state index in [1.165, 1.54) is 31.2 Å². The van der Waals surface area contributed by atoms with Gasteiger partial charge in [0.05, 0.1) is 7.11 Å². The van der Waals surface area contributed by atoms with Crippen molar-refractivity contribution in [2.45, 2.75) is 37.7 Å². The predicted octanol–water partition coefficient (Wildman–Crippen LogP) is 4.32. The molecule has 0 spiro atoms. The van der Waals surface area contributed by atoms with Gasteiger partial charge in [0.1, 0.15) is 6.10 Å². The number of hydrogen-bond donors (Lipinski definition) is 1. The van der Waals surface area contributed by atoms with Crippen LogP contribution in [0.5, 0.6) is 11.5 Å². The second-order valence-electron chi connectivity index (χ2n) is 8.16. The number of carbonyl (C=O) groups is 1. The molecule has 1 unspecified atom stereocenters. The zero-order chi connectivity index (χ0) is 19.5. The van der Waals surface area contributed by atoms with Crippen LogP contribution in [0.25, 0.3) is 0 Å². The molecule has 6 heteroatoms. The van der Waals surface area contributed by atoms with Gasteiger partial charge in [0, 0.05) is 30.9 Å². The molecule has 3 aliphatic rings. The Hall–Kier alpha value is -1.69. The lowest BCUT2D eigenvalue weighted by atomic mass is 9.95. The summed E-state index contributed by atoms with van der Waals surface area (Å²) in [5.74, 6) is 3.43. The number of benzene rings is 1. The number of ether oxygens (including phenoxy) is 2. The van der Waals surface area contributed by atoms with E-state index in [-0.39, 0.29) is 11.9 Å². The highest BCUT2D eigenvalue weighted by Gasteiger charge is 2.41. The Labute approximate surface area is 175 Å². The summed E-state index contributed by atoms with van der Waals surface area (Å²) in [6.45, 7) is 1.98. The monoisotopic (exact) mass is 448 g/mol. The van der Waals surface area contributed by atoms with E-state index in [4.69, 9.17) is 9.47 Å². The molecule has 1 aromatic carbocycles. The summed E-state index contributed by atoms with van der Waals surface area (Å²) in [7, 11) is 1.70. The Morgan fingerprint density at radius 3 is 2.86 bits per heavy atom. The number of allylic oxidation sites excluding steroid dienone is 1. The van der Waals surface area contributed by atoms with Crippen LogP contribution in [0.2, 0.25) is 0 Å². The number of halogens is 1. The molecule has 1 saturated heterocycles. The first kappa shape index (κ1) is 19.6. The third-order valence-corrected chi connectivity index (χ3v) is 6.79. The molecule has 1 aliphatic heterocycles. The van der Waals surface area contributed by atoms with Crippen molar-refractivity contribution >= 4 is 22.0 Å². The summed E-state index contributed by atoms with van der Waals surface area (Å²) < 4.78 is 12.0. The van der Waals surface area contributed by atoms with Crippen LogP contribution in [0.3, 0.4) is 0 Å². The molecule has 2 aliphatic carbocycles. The molecule has 1 aromatic rings. The number of carbonyl (C=O) groups excluding carboxylic acids is 1. The molecule has 28 heavy (non-hydrogen) atoms. The van der Waals surface area contributed by atoms with Gasteiger partial charge in [-0.05, 0) is 55.2 Å². The molecular weight excluding hydrogens is 420 g/mol. The third kappa shape index (κ3) is 4.17. The highest BCUT2D eigenvalue weighted by Crippen LogP contribution is 2.47. The predicted molar refractivity (Wildman–Crippen MR) is 114 cm³/mol. The van der Waals surface area contributed by atoms with Crippen LogP contribution in [0, 0.1) is 11.8 Å². The van der Waals surface area contributed by atoms with Gasteiger partial charge in [-0.1, -0.05) is 34.1 Å². The zero-order valence-corrected chi connectivity index (χ0v) is 18.0. The Morgan fingerprint density at radius 1 is 1.25 bits per heavy atom. The number of alkyl halides is 1. The first-order chi connectivity index (χ1) is 13.7. The Kier molecular flexibility index (Phi) is 6.14. The summed E-state index contributed by atoms with van der Waals surface area (Å²) in [4.78, 5) is 14.0. The van der Waals surface area contributed by atoms with Gasteiger partial charge in [-0.3, -0.25) is 0 Å². The summed E-state index contributed by atoms with van der Waals surface area (Å²) >= 11 is 3.38. The van der Waals surface area contributed by atoms with Crippen LogP contribution in [0.1, 0.15) is 37.2 Å². The fourth-order valence-corrected chi connectivity index (χ4v) is 5.18. The first-order valence-electron chi connectivity index (χ1n) is 10.3. The van der Waals surface area contributed by atoms with E-state index in [0.717, 1.165) is 22.7 Å². The first-order valence-corrected chi connectivity index (χ1v) is 11.4. The Bertz CT molecular complexity index is 738. The van der Waals surface area contributed by atoms with Crippen molar-refractivity contribution in [2.24, 2.45) is 11.8 Å². The lowest BCUT2D eigenvalue weighted by Crippen LogP contribution is -2.50. The lowest BCUT2D eigenvalue weighted by Gasteiger charge is -2.33. The average molecular weight is 449 g/mol. The molecule has 2 saturated carbocycles. The number of nitrogens with zero attached hydrogens (tertiary/aromatic N) is 1. The molecule has 0 aromatic heterocycles. The number of urea groups is 1. The summed E-state index contributed by atoms with van der Waals surface area (Å²) in [6, 6.07) is 6.23. The minimum Gasteiger partial charge on any atom is -0.493 e. The molecule has 4 atom stereocenters. The van der Waals surface area contributed by atoms with Gasteiger partial charge in [-0.15, -0.1) is 0 Å². The largest absolute Gasteiger partial charge is 0.493 e. The number of fused-ring (bicyclic) bond motifs is 2. The second kappa shape index (κ2) is 8.76. The van der Waals surface area contributed by atoms with Crippen molar-refractivity contribution in [3.05, 3.63) is 35.9 Å². The van der Waals surface area contributed by atoms with E-state index < -0.39 is 0 Å². The number of rotatable bonds is 7. The lowest BCUT2D eigenvalue weighted by molar-refractivity contribution is 0.133. The van der Waals surface area contributed by atoms with Crippen molar-refractivity contribution < 1.29 is 14.3 Å². The van der Waals surface area contributed by atoms with E-state index in [0.29, 0.717) is 31.7 Å². The van der Waals surface area contributed by atoms with Crippen LogP contribution in [-0.2, 0) is 0 Å². The Morgan fingerprint density at radius 2 is 2.14 bits per heavy atom. The SMILES string of the molecule is COc1ccc(C2CNC(=O)N(C/C=C/CBr)C2)cc1O[C@H]1C[C@H]2CC[C@@H]1C2. The van der Waals surface area contributed by atoms with Crippen molar-refractivity contribution in [1.82, 2.24) is 10.2 Å². The van der Waals surface area contributed by atoms with E-state index in [2.05, 4.69) is 33.4 Å². The molecule has 5 nitrogen and oxygen atoms in total. The quantitative estimate of drug-likeness (QED) is 0.498. The maximum absolute atomic E-state index is 12.2. The van der Waals surface area contributed by atoms with Gasteiger partial charge in [-0.2, -0.15) is 0 Å². The van der Waals surface area contributed by atoms with Crippen LogP contribution in [0.4, 0.5) is 4.79 Å². The van der Waals surface area contributed by atoms with Crippen LogP contribution in [0.15, 0.2) is 30.4 Å². The third-order valence-electron chi connectivity index (χ3n) is 6.42. The van der Waals surface area contributed by atoms with E-state index in [1.54, 1.807) is 7.11 Å². The minimum absolute atomic E-state index is 0.00226. The van der Waals surface area contributed by atoms with E-state index >= 15 is 0 Å².